The third-order valence-electron chi connectivity index (χ3n) is 1.88. The lowest BCUT2D eigenvalue weighted by Gasteiger charge is -2.31. The molecule has 0 aliphatic rings. The second-order valence-electron chi connectivity index (χ2n) is 3.23. The number of hydrogen-bond acceptors (Lipinski definition) is 3. The number of nitriles is 1. The summed E-state index contributed by atoms with van der Waals surface area (Å²) < 4.78 is 37.3. The smallest absolute Gasteiger partial charge is 0.326 e. The summed E-state index contributed by atoms with van der Waals surface area (Å²) in [7, 11) is 1.32. The third kappa shape index (κ3) is 3.94. The molecule has 0 radical (unpaired) electrons. The van der Waals surface area contributed by atoms with E-state index >= 15 is 0 Å². The fourth-order valence-corrected chi connectivity index (χ4v) is 1.31. The Labute approximate surface area is 81.3 Å². The van der Waals surface area contributed by atoms with E-state index in [-0.39, 0.29) is 13.0 Å². The fourth-order valence-electron chi connectivity index (χ4n) is 1.31. The Morgan fingerprint density at radius 1 is 1.50 bits per heavy atom. The van der Waals surface area contributed by atoms with Crippen molar-refractivity contribution < 1.29 is 13.2 Å². The van der Waals surface area contributed by atoms with Crippen LogP contribution in [0.4, 0.5) is 13.2 Å². The summed E-state index contributed by atoms with van der Waals surface area (Å²) in [6, 6.07) is -0.892. The lowest BCUT2D eigenvalue weighted by atomic mass is 10.1. The Morgan fingerprint density at radius 2 is 2.00 bits per heavy atom. The van der Waals surface area contributed by atoms with Crippen LogP contribution >= 0.6 is 0 Å². The third-order valence-corrected chi connectivity index (χ3v) is 1.88. The van der Waals surface area contributed by atoms with Gasteiger partial charge in [-0.25, -0.2) is 0 Å². The normalized spacial score (nSPS) is 16.4. The summed E-state index contributed by atoms with van der Waals surface area (Å²) in [6.07, 6.45) is -4.28. The van der Waals surface area contributed by atoms with Crippen LogP contribution in [0.25, 0.3) is 0 Å². The first-order valence-corrected chi connectivity index (χ1v) is 4.20. The van der Waals surface area contributed by atoms with Crippen molar-refractivity contribution in [2.45, 2.75) is 31.6 Å². The van der Waals surface area contributed by atoms with E-state index in [1.165, 1.54) is 14.0 Å². The highest BCUT2D eigenvalue weighted by Crippen LogP contribution is 2.25. The van der Waals surface area contributed by atoms with Gasteiger partial charge in [0.1, 0.15) is 6.04 Å². The Bertz CT molecular complexity index is 207. The molecule has 0 saturated carbocycles. The molecule has 3 nitrogen and oxygen atoms in total. The zero-order valence-electron chi connectivity index (χ0n) is 8.17. The van der Waals surface area contributed by atoms with Gasteiger partial charge in [0.05, 0.1) is 6.07 Å². The van der Waals surface area contributed by atoms with Crippen LogP contribution in [-0.4, -0.2) is 36.8 Å². The molecule has 0 spiro atoms. The number of nitrogens with zero attached hydrogens (tertiary/aromatic N) is 2. The molecule has 2 N–H and O–H groups in total. The molecule has 82 valence electrons. The molecule has 0 aromatic heterocycles. The SMILES string of the molecule is CC(N)C(N(C)CCC#N)C(F)(F)F. The minimum atomic E-state index is -4.35. The van der Waals surface area contributed by atoms with Gasteiger partial charge in [-0.2, -0.15) is 18.4 Å². The van der Waals surface area contributed by atoms with E-state index in [9.17, 15) is 13.2 Å². The first-order chi connectivity index (χ1) is 6.30. The highest BCUT2D eigenvalue weighted by molar-refractivity contribution is 4.85. The van der Waals surface area contributed by atoms with Gasteiger partial charge in [0.25, 0.3) is 0 Å². The molecule has 0 amide bonds. The van der Waals surface area contributed by atoms with Crippen LogP contribution in [0.2, 0.25) is 0 Å². The van der Waals surface area contributed by atoms with Crippen LogP contribution in [0.5, 0.6) is 0 Å². The highest BCUT2D eigenvalue weighted by atomic mass is 19.4. The van der Waals surface area contributed by atoms with E-state index in [0.717, 1.165) is 4.90 Å². The molecule has 0 aromatic carbocycles. The van der Waals surface area contributed by atoms with Crippen LogP contribution in [-0.2, 0) is 0 Å². The molecule has 0 aromatic rings. The Hall–Kier alpha value is -0.800. The molecule has 0 bridgehead atoms. The standard InChI is InChI=1S/C8H14F3N3/c1-6(13)7(8(9,10)11)14(2)5-3-4-12/h6-7H,3,5,13H2,1-2H3. The quantitative estimate of drug-likeness (QED) is 0.754. The number of halogens is 3. The average Bonchev–Trinajstić information content (AvgIpc) is 1.97. The number of nitrogens with two attached hydrogens (primary N) is 1. The molecule has 0 aliphatic carbocycles. The van der Waals surface area contributed by atoms with Gasteiger partial charge in [-0.05, 0) is 14.0 Å². The van der Waals surface area contributed by atoms with Gasteiger partial charge in [-0.3, -0.25) is 4.90 Å². The fraction of sp³-hybridized carbons (Fsp3) is 0.875. The van der Waals surface area contributed by atoms with Gasteiger partial charge in [0.15, 0.2) is 0 Å². The first kappa shape index (κ1) is 13.2. The second kappa shape index (κ2) is 5.17. The van der Waals surface area contributed by atoms with Crippen LogP contribution in [0.1, 0.15) is 13.3 Å². The van der Waals surface area contributed by atoms with E-state index in [1.54, 1.807) is 6.07 Å². The largest absolute Gasteiger partial charge is 0.405 e. The van der Waals surface area contributed by atoms with Crippen molar-refractivity contribution in [3.05, 3.63) is 0 Å². The Balaban J connectivity index is 4.44. The van der Waals surface area contributed by atoms with Crippen molar-refractivity contribution in [2.24, 2.45) is 5.73 Å². The number of likely N-dealkylation sites (N-methyl/N-ethyl adjacent to an activating group) is 1. The maximum atomic E-state index is 12.4. The first-order valence-electron chi connectivity index (χ1n) is 4.20. The maximum absolute atomic E-state index is 12.4. The lowest BCUT2D eigenvalue weighted by Crippen LogP contribution is -2.53. The summed E-state index contributed by atoms with van der Waals surface area (Å²) in [4.78, 5) is 1.06. The summed E-state index contributed by atoms with van der Waals surface area (Å²) in [5, 5.41) is 8.25. The minimum absolute atomic E-state index is 0.0653. The summed E-state index contributed by atoms with van der Waals surface area (Å²) in [5.41, 5.74) is 5.25. The van der Waals surface area contributed by atoms with Crippen LogP contribution < -0.4 is 5.73 Å². The molecule has 2 atom stereocenters. The number of alkyl halides is 3. The highest BCUT2D eigenvalue weighted by Gasteiger charge is 2.44. The molecule has 2 unspecified atom stereocenters. The van der Waals surface area contributed by atoms with E-state index in [1.807, 2.05) is 0 Å². The average molecular weight is 209 g/mol. The second-order valence-corrected chi connectivity index (χ2v) is 3.23. The van der Waals surface area contributed by atoms with E-state index in [2.05, 4.69) is 0 Å². The van der Waals surface area contributed by atoms with E-state index < -0.39 is 18.3 Å². The maximum Gasteiger partial charge on any atom is 0.405 e. The molecule has 6 heteroatoms. The zero-order chi connectivity index (χ0) is 11.4. The van der Waals surface area contributed by atoms with E-state index in [0.29, 0.717) is 0 Å². The lowest BCUT2D eigenvalue weighted by molar-refractivity contribution is -0.184. The van der Waals surface area contributed by atoms with Crippen LogP contribution in [0, 0.1) is 11.3 Å². The van der Waals surface area contributed by atoms with Crippen molar-refractivity contribution in [1.29, 1.82) is 5.26 Å². The van der Waals surface area contributed by atoms with Crippen LogP contribution in [0.15, 0.2) is 0 Å². The monoisotopic (exact) mass is 209 g/mol. The molecule has 14 heavy (non-hydrogen) atoms. The van der Waals surface area contributed by atoms with Gasteiger partial charge >= 0.3 is 6.18 Å². The molecular weight excluding hydrogens is 195 g/mol. The van der Waals surface area contributed by atoms with Gasteiger partial charge < -0.3 is 5.73 Å². The molecule has 0 saturated heterocycles. The van der Waals surface area contributed by atoms with E-state index in [4.69, 9.17) is 11.0 Å². The van der Waals surface area contributed by atoms with Crippen molar-refractivity contribution in [1.82, 2.24) is 4.90 Å². The molecule has 0 fully saturated rings. The van der Waals surface area contributed by atoms with Crippen molar-refractivity contribution >= 4 is 0 Å². The Kier molecular flexibility index (Phi) is 4.88. The zero-order valence-corrected chi connectivity index (χ0v) is 8.17. The predicted octanol–water partition coefficient (Wildman–Crippen LogP) is 1.11. The molecule has 0 rings (SSSR count). The van der Waals surface area contributed by atoms with Gasteiger partial charge in [0, 0.05) is 19.0 Å². The van der Waals surface area contributed by atoms with Crippen molar-refractivity contribution in [3.8, 4) is 6.07 Å². The minimum Gasteiger partial charge on any atom is -0.326 e. The van der Waals surface area contributed by atoms with Crippen LogP contribution in [0.3, 0.4) is 0 Å². The Morgan fingerprint density at radius 3 is 2.29 bits per heavy atom. The predicted molar refractivity (Wildman–Crippen MR) is 46.4 cm³/mol. The summed E-state index contributed by atoms with van der Waals surface area (Å²) in [5.74, 6) is 0. The number of hydrogen-bond donors (Lipinski definition) is 1. The summed E-state index contributed by atoms with van der Waals surface area (Å²) in [6.45, 7) is 1.38. The molecular formula is C8H14F3N3. The van der Waals surface area contributed by atoms with Gasteiger partial charge in [0.2, 0.25) is 0 Å². The van der Waals surface area contributed by atoms with Gasteiger partial charge in [-0.15, -0.1) is 0 Å². The van der Waals surface area contributed by atoms with Crippen molar-refractivity contribution in [3.63, 3.8) is 0 Å². The summed E-state index contributed by atoms with van der Waals surface area (Å²) >= 11 is 0. The topological polar surface area (TPSA) is 53.0 Å². The number of rotatable bonds is 4. The van der Waals surface area contributed by atoms with Gasteiger partial charge in [-0.1, -0.05) is 0 Å². The molecule has 0 heterocycles. The molecule has 0 aliphatic heterocycles. The van der Waals surface area contributed by atoms with Crippen molar-refractivity contribution in [2.75, 3.05) is 13.6 Å².